The van der Waals surface area contributed by atoms with Crippen LogP contribution in [0.3, 0.4) is 0 Å². The van der Waals surface area contributed by atoms with E-state index >= 15 is 0 Å². The number of carbonyl (C=O) groups excluding carboxylic acids is 1. The summed E-state index contributed by atoms with van der Waals surface area (Å²) in [7, 11) is 0. The summed E-state index contributed by atoms with van der Waals surface area (Å²) in [5.41, 5.74) is 5.51. The van der Waals surface area contributed by atoms with E-state index in [4.69, 9.17) is 22.1 Å². The quantitative estimate of drug-likeness (QED) is 0.812. The lowest BCUT2D eigenvalue weighted by atomic mass is 9.96. The Bertz CT molecular complexity index is 459. The van der Waals surface area contributed by atoms with Crippen molar-refractivity contribution in [1.82, 2.24) is 5.32 Å². The molecule has 1 amide bonds. The fourth-order valence-corrected chi connectivity index (χ4v) is 2.34. The maximum absolute atomic E-state index is 11.9. The highest BCUT2D eigenvalue weighted by Crippen LogP contribution is 2.38. The molecule has 1 atom stereocenters. The van der Waals surface area contributed by atoms with Gasteiger partial charge in [-0.15, -0.1) is 0 Å². The van der Waals surface area contributed by atoms with E-state index in [9.17, 15) is 4.79 Å². The summed E-state index contributed by atoms with van der Waals surface area (Å²) in [4.78, 5) is 11.9. The molecule has 1 saturated carbocycles. The molecule has 3 N–H and O–H groups in total. The molecule has 0 radical (unpaired) electrons. The van der Waals surface area contributed by atoms with Gasteiger partial charge in [0.05, 0.1) is 18.6 Å². The van der Waals surface area contributed by atoms with Crippen molar-refractivity contribution in [1.29, 1.82) is 0 Å². The third-order valence-corrected chi connectivity index (χ3v) is 3.99. The molecule has 1 aromatic rings. The molecule has 1 aromatic carbocycles. The van der Waals surface area contributed by atoms with Gasteiger partial charge in [0, 0.05) is 11.6 Å². The Hall–Kier alpha value is -1.26. The van der Waals surface area contributed by atoms with E-state index in [1.165, 1.54) is 0 Å². The number of halogens is 1. The monoisotopic (exact) mass is 296 g/mol. The first kappa shape index (κ1) is 15.1. The predicted octanol–water partition coefficient (Wildman–Crippen LogP) is 2.35. The molecular formula is C15H21ClN2O2. The van der Waals surface area contributed by atoms with Crippen molar-refractivity contribution >= 4 is 17.5 Å². The second kappa shape index (κ2) is 6.46. The van der Waals surface area contributed by atoms with Gasteiger partial charge in [0.25, 0.3) is 0 Å². The van der Waals surface area contributed by atoms with Crippen LogP contribution in [0.1, 0.15) is 26.2 Å². The zero-order valence-corrected chi connectivity index (χ0v) is 12.5. The number of hydrogen-bond acceptors (Lipinski definition) is 3. The Morgan fingerprint density at radius 1 is 1.45 bits per heavy atom. The van der Waals surface area contributed by atoms with Crippen LogP contribution >= 0.6 is 11.6 Å². The minimum atomic E-state index is -0.267. The lowest BCUT2D eigenvalue weighted by Gasteiger charge is -2.29. The predicted molar refractivity (Wildman–Crippen MR) is 79.9 cm³/mol. The summed E-state index contributed by atoms with van der Waals surface area (Å²) in [5, 5.41) is 3.70. The molecule has 1 unspecified atom stereocenters. The third-order valence-electron chi connectivity index (χ3n) is 3.74. The zero-order chi connectivity index (χ0) is 14.6. The van der Waals surface area contributed by atoms with Gasteiger partial charge in [-0.25, -0.2) is 0 Å². The Kier molecular flexibility index (Phi) is 4.89. The number of rotatable bonds is 7. The van der Waals surface area contributed by atoms with E-state index in [0.29, 0.717) is 36.3 Å². The average molecular weight is 297 g/mol. The highest BCUT2D eigenvalue weighted by molar-refractivity contribution is 6.30. The molecule has 1 fully saturated rings. The lowest BCUT2D eigenvalue weighted by Crippen LogP contribution is -2.53. The average Bonchev–Trinajstić information content (AvgIpc) is 3.25. The molecule has 0 heterocycles. The Morgan fingerprint density at radius 2 is 2.10 bits per heavy atom. The zero-order valence-electron chi connectivity index (χ0n) is 11.7. The summed E-state index contributed by atoms with van der Waals surface area (Å²) in [6.45, 7) is 2.84. The molecule has 0 saturated heterocycles. The van der Waals surface area contributed by atoms with Crippen molar-refractivity contribution in [2.24, 2.45) is 11.7 Å². The van der Waals surface area contributed by atoms with Crippen LogP contribution in [0, 0.1) is 5.92 Å². The molecular weight excluding hydrogens is 276 g/mol. The van der Waals surface area contributed by atoms with Gasteiger partial charge in [-0.2, -0.15) is 0 Å². The van der Waals surface area contributed by atoms with E-state index in [2.05, 4.69) is 5.32 Å². The molecule has 0 bridgehead atoms. The highest BCUT2D eigenvalue weighted by Gasteiger charge is 2.41. The summed E-state index contributed by atoms with van der Waals surface area (Å²) < 4.78 is 5.51. The van der Waals surface area contributed by atoms with Crippen LogP contribution in [0.15, 0.2) is 24.3 Å². The van der Waals surface area contributed by atoms with Gasteiger partial charge in [-0.3, -0.25) is 4.79 Å². The summed E-state index contributed by atoms with van der Waals surface area (Å²) in [5.74, 6) is 1.22. The molecule has 20 heavy (non-hydrogen) atoms. The minimum absolute atomic E-state index is 0.0150. The maximum Gasteiger partial charge on any atom is 0.223 e. The normalized spacial score (nSPS) is 17.4. The number of nitrogens with one attached hydrogen (secondary N) is 1. The first-order chi connectivity index (χ1) is 9.53. The number of ether oxygens (including phenoxy) is 1. The Balaban J connectivity index is 1.73. The van der Waals surface area contributed by atoms with Crippen molar-refractivity contribution < 1.29 is 9.53 Å². The van der Waals surface area contributed by atoms with E-state index in [1.54, 1.807) is 24.3 Å². The molecule has 2 rings (SSSR count). The fourth-order valence-electron chi connectivity index (χ4n) is 2.21. The third kappa shape index (κ3) is 4.12. The summed E-state index contributed by atoms with van der Waals surface area (Å²) >= 11 is 5.79. The van der Waals surface area contributed by atoms with Crippen LogP contribution in [0.25, 0.3) is 0 Å². The number of carbonyl (C=O) groups is 1. The van der Waals surface area contributed by atoms with Gasteiger partial charge in [-0.05, 0) is 49.9 Å². The van der Waals surface area contributed by atoms with Gasteiger partial charge in [-0.1, -0.05) is 11.6 Å². The first-order valence-corrected chi connectivity index (χ1v) is 7.31. The number of amides is 1. The Labute approximate surface area is 124 Å². The SMILES string of the molecule is CC(CN)(NC(=O)CCOc1ccc(Cl)cc1)C1CC1. The van der Waals surface area contributed by atoms with Gasteiger partial charge in [0.15, 0.2) is 0 Å². The van der Waals surface area contributed by atoms with Crippen LogP contribution in [-0.4, -0.2) is 24.6 Å². The number of benzene rings is 1. The van der Waals surface area contributed by atoms with Crippen molar-refractivity contribution in [3.8, 4) is 5.75 Å². The molecule has 0 spiro atoms. The highest BCUT2D eigenvalue weighted by atomic mass is 35.5. The van der Waals surface area contributed by atoms with Crippen LogP contribution < -0.4 is 15.8 Å². The summed E-state index contributed by atoms with van der Waals surface area (Å²) in [6, 6.07) is 7.09. The van der Waals surface area contributed by atoms with Crippen molar-refractivity contribution in [2.45, 2.75) is 31.7 Å². The molecule has 0 aromatic heterocycles. The second-order valence-electron chi connectivity index (χ2n) is 5.50. The van der Waals surface area contributed by atoms with Crippen LogP contribution in [0.4, 0.5) is 0 Å². The van der Waals surface area contributed by atoms with Crippen LogP contribution in [0.2, 0.25) is 5.02 Å². The smallest absolute Gasteiger partial charge is 0.223 e. The Morgan fingerprint density at radius 3 is 2.65 bits per heavy atom. The molecule has 5 heteroatoms. The molecule has 110 valence electrons. The van der Waals surface area contributed by atoms with E-state index in [0.717, 1.165) is 12.8 Å². The molecule has 0 aliphatic heterocycles. The van der Waals surface area contributed by atoms with E-state index < -0.39 is 0 Å². The van der Waals surface area contributed by atoms with Gasteiger partial charge < -0.3 is 15.8 Å². The van der Waals surface area contributed by atoms with Crippen LogP contribution in [0.5, 0.6) is 5.75 Å². The molecule has 1 aliphatic rings. The fraction of sp³-hybridized carbons (Fsp3) is 0.533. The number of nitrogens with two attached hydrogens (primary N) is 1. The minimum Gasteiger partial charge on any atom is -0.493 e. The molecule has 4 nitrogen and oxygen atoms in total. The van der Waals surface area contributed by atoms with Gasteiger partial charge in [0.1, 0.15) is 5.75 Å². The van der Waals surface area contributed by atoms with Crippen molar-refractivity contribution in [2.75, 3.05) is 13.2 Å². The first-order valence-electron chi connectivity index (χ1n) is 6.93. The standard InChI is InChI=1S/C15H21ClN2O2/c1-15(10-17,11-2-3-11)18-14(19)8-9-20-13-6-4-12(16)5-7-13/h4-7,11H,2-3,8-10,17H2,1H3,(H,18,19). The summed E-state index contributed by atoms with van der Waals surface area (Å²) in [6.07, 6.45) is 2.62. The van der Waals surface area contributed by atoms with Crippen LogP contribution in [-0.2, 0) is 4.79 Å². The lowest BCUT2D eigenvalue weighted by molar-refractivity contribution is -0.123. The van der Waals surface area contributed by atoms with Crippen molar-refractivity contribution in [3.63, 3.8) is 0 Å². The van der Waals surface area contributed by atoms with E-state index in [1.807, 2.05) is 6.92 Å². The van der Waals surface area contributed by atoms with Gasteiger partial charge >= 0.3 is 0 Å². The maximum atomic E-state index is 11.9. The van der Waals surface area contributed by atoms with Crippen molar-refractivity contribution in [3.05, 3.63) is 29.3 Å². The number of hydrogen-bond donors (Lipinski definition) is 2. The topological polar surface area (TPSA) is 64.3 Å². The molecule has 1 aliphatic carbocycles. The van der Waals surface area contributed by atoms with E-state index in [-0.39, 0.29) is 11.4 Å². The second-order valence-corrected chi connectivity index (χ2v) is 5.93. The largest absolute Gasteiger partial charge is 0.493 e. The van der Waals surface area contributed by atoms with Gasteiger partial charge in [0.2, 0.25) is 5.91 Å².